The summed E-state index contributed by atoms with van der Waals surface area (Å²) in [6.07, 6.45) is 0. The van der Waals surface area contributed by atoms with Gasteiger partial charge in [0.05, 0.1) is 0 Å². The van der Waals surface area contributed by atoms with Crippen molar-refractivity contribution in [2.75, 3.05) is 7.05 Å². The molecule has 1 atom stereocenters. The Morgan fingerprint density at radius 1 is 1.21 bits per heavy atom. The third kappa shape index (κ3) is 3.45. The van der Waals surface area contributed by atoms with E-state index in [1.807, 2.05) is 31.2 Å². The average Bonchev–Trinajstić information content (AvgIpc) is 2.38. The highest BCUT2D eigenvalue weighted by atomic mass is 127. The van der Waals surface area contributed by atoms with Gasteiger partial charge < -0.3 is 10.1 Å². The summed E-state index contributed by atoms with van der Waals surface area (Å²) in [6.45, 7) is 1.90. The molecule has 2 aromatic rings. The molecule has 0 amide bonds. The van der Waals surface area contributed by atoms with Crippen molar-refractivity contribution in [2.45, 2.75) is 13.0 Å². The van der Waals surface area contributed by atoms with Crippen molar-refractivity contribution in [3.05, 3.63) is 57.4 Å². The van der Waals surface area contributed by atoms with E-state index in [0.717, 1.165) is 3.57 Å². The smallest absolute Gasteiger partial charge is 0.135 e. The second-order valence-electron chi connectivity index (χ2n) is 4.22. The first-order chi connectivity index (χ1) is 9.11. The van der Waals surface area contributed by atoms with Crippen LogP contribution in [0, 0.1) is 9.39 Å². The highest BCUT2D eigenvalue weighted by Crippen LogP contribution is 2.31. The summed E-state index contributed by atoms with van der Waals surface area (Å²) in [5.74, 6) is 0.996. The van der Waals surface area contributed by atoms with Crippen LogP contribution in [0.4, 0.5) is 4.39 Å². The number of benzene rings is 2. The molecule has 2 nitrogen and oxygen atoms in total. The van der Waals surface area contributed by atoms with E-state index in [1.165, 1.54) is 6.07 Å². The first-order valence-electron chi connectivity index (χ1n) is 6.01. The quantitative estimate of drug-likeness (QED) is 0.799. The molecule has 0 bridgehead atoms. The van der Waals surface area contributed by atoms with Crippen LogP contribution >= 0.6 is 22.6 Å². The predicted octanol–water partition coefficient (Wildman–Crippen LogP) is 4.50. The fourth-order valence-corrected chi connectivity index (χ4v) is 2.34. The Labute approximate surface area is 126 Å². The third-order valence-corrected chi connectivity index (χ3v) is 3.57. The van der Waals surface area contributed by atoms with Gasteiger partial charge in [0.1, 0.15) is 17.3 Å². The zero-order valence-corrected chi connectivity index (χ0v) is 12.9. The maximum atomic E-state index is 13.9. The molecular formula is C15H15FINO. The number of rotatable bonds is 4. The van der Waals surface area contributed by atoms with Crippen LogP contribution in [0.2, 0.25) is 0 Å². The van der Waals surface area contributed by atoms with Crippen LogP contribution in [0.5, 0.6) is 11.5 Å². The van der Waals surface area contributed by atoms with Crippen molar-refractivity contribution in [1.29, 1.82) is 0 Å². The highest BCUT2D eigenvalue weighted by molar-refractivity contribution is 14.1. The van der Waals surface area contributed by atoms with Crippen molar-refractivity contribution >= 4 is 22.6 Å². The third-order valence-electron chi connectivity index (χ3n) is 2.90. The molecule has 2 aromatic carbocycles. The number of nitrogens with one attached hydrogen (secondary N) is 1. The van der Waals surface area contributed by atoms with E-state index in [0.29, 0.717) is 17.1 Å². The Morgan fingerprint density at radius 3 is 2.63 bits per heavy atom. The van der Waals surface area contributed by atoms with Gasteiger partial charge in [0.2, 0.25) is 0 Å². The van der Waals surface area contributed by atoms with Gasteiger partial charge in [-0.2, -0.15) is 0 Å². The molecule has 0 aliphatic heterocycles. The summed E-state index contributed by atoms with van der Waals surface area (Å²) in [5, 5.41) is 3.04. The maximum Gasteiger partial charge on any atom is 0.135 e. The predicted molar refractivity (Wildman–Crippen MR) is 83.1 cm³/mol. The van der Waals surface area contributed by atoms with Crippen molar-refractivity contribution < 1.29 is 9.13 Å². The minimum atomic E-state index is -0.259. The SMILES string of the molecule is CNC(C)c1c(F)cccc1Oc1cccc(I)c1. The number of halogens is 2. The summed E-state index contributed by atoms with van der Waals surface area (Å²) in [6, 6.07) is 12.5. The zero-order chi connectivity index (χ0) is 13.8. The second kappa shape index (κ2) is 6.34. The maximum absolute atomic E-state index is 13.9. The van der Waals surface area contributed by atoms with E-state index >= 15 is 0 Å². The molecular weight excluding hydrogens is 356 g/mol. The minimum Gasteiger partial charge on any atom is -0.457 e. The van der Waals surface area contributed by atoms with E-state index in [1.54, 1.807) is 19.2 Å². The van der Waals surface area contributed by atoms with E-state index in [2.05, 4.69) is 27.9 Å². The molecule has 2 rings (SSSR count). The Kier molecular flexibility index (Phi) is 4.76. The Hall–Kier alpha value is -1.14. The minimum absolute atomic E-state index is 0.112. The Morgan fingerprint density at radius 2 is 1.95 bits per heavy atom. The topological polar surface area (TPSA) is 21.3 Å². The summed E-state index contributed by atoms with van der Waals surface area (Å²) in [7, 11) is 1.80. The molecule has 0 saturated carbocycles. The normalized spacial score (nSPS) is 12.2. The van der Waals surface area contributed by atoms with Crippen LogP contribution < -0.4 is 10.1 Å². The number of hydrogen-bond acceptors (Lipinski definition) is 2. The molecule has 4 heteroatoms. The molecule has 100 valence electrons. The lowest BCUT2D eigenvalue weighted by molar-refractivity contribution is 0.452. The van der Waals surface area contributed by atoms with Crippen molar-refractivity contribution in [3.8, 4) is 11.5 Å². The first kappa shape index (κ1) is 14.3. The lowest BCUT2D eigenvalue weighted by atomic mass is 10.1. The van der Waals surface area contributed by atoms with E-state index < -0.39 is 0 Å². The van der Waals surface area contributed by atoms with E-state index in [4.69, 9.17) is 4.74 Å². The van der Waals surface area contributed by atoms with Gasteiger partial charge in [-0.1, -0.05) is 12.1 Å². The van der Waals surface area contributed by atoms with Gasteiger partial charge in [-0.25, -0.2) is 4.39 Å². The average molecular weight is 371 g/mol. The Bertz CT molecular complexity index is 574. The van der Waals surface area contributed by atoms with Crippen LogP contribution in [-0.2, 0) is 0 Å². The van der Waals surface area contributed by atoms with Crippen molar-refractivity contribution in [3.63, 3.8) is 0 Å². The molecule has 1 N–H and O–H groups in total. The zero-order valence-electron chi connectivity index (χ0n) is 10.8. The number of hydrogen-bond donors (Lipinski definition) is 1. The van der Waals surface area contributed by atoms with Gasteiger partial charge in [-0.05, 0) is 66.9 Å². The molecule has 0 heterocycles. The van der Waals surface area contributed by atoms with Crippen LogP contribution in [0.3, 0.4) is 0 Å². The van der Waals surface area contributed by atoms with Gasteiger partial charge in [-0.15, -0.1) is 0 Å². The molecule has 0 aromatic heterocycles. The highest BCUT2D eigenvalue weighted by Gasteiger charge is 2.15. The largest absolute Gasteiger partial charge is 0.457 e. The van der Waals surface area contributed by atoms with Crippen LogP contribution in [-0.4, -0.2) is 7.05 Å². The fourth-order valence-electron chi connectivity index (χ4n) is 1.83. The Balaban J connectivity index is 2.37. The van der Waals surface area contributed by atoms with Gasteiger partial charge >= 0.3 is 0 Å². The van der Waals surface area contributed by atoms with E-state index in [-0.39, 0.29) is 11.9 Å². The van der Waals surface area contributed by atoms with Crippen molar-refractivity contribution in [2.24, 2.45) is 0 Å². The standard InChI is InChI=1S/C15H15FINO/c1-10(18-2)15-13(16)7-4-8-14(15)19-12-6-3-5-11(17)9-12/h3-10,18H,1-2H3. The molecule has 0 spiro atoms. The van der Waals surface area contributed by atoms with Crippen molar-refractivity contribution in [1.82, 2.24) is 5.32 Å². The van der Waals surface area contributed by atoms with Crippen LogP contribution in [0.1, 0.15) is 18.5 Å². The fraction of sp³-hybridized carbons (Fsp3) is 0.200. The van der Waals surface area contributed by atoms with Crippen LogP contribution in [0.25, 0.3) is 0 Å². The molecule has 0 radical (unpaired) electrons. The summed E-state index contributed by atoms with van der Waals surface area (Å²) in [5.41, 5.74) is 0.545. The van der Waals surface area contributed by atoms with E-state index in [9.17, 15) is 4.39 Å². The lowest BCUT2D eigenvalue weighted by Crippen LogP contribution is -2.14. The molecule has 19 heavy (non-hydrogen) atoms. The second-order valence-corrected chi connectivity index (χ2v) is 5.47. The molecule has 0 aliphatic carbocycles. The molecule has 0 fully saturated rings. The van der Waals surface area contributed by atoms with Gasteiger partial charge in [-0.3, -0.25) is 0 Å². The van der Waals surface area contributed by atoms with Gasteiger partial charge in [0.15, 0.2) is 0 Å². The summed E-state index contributed by atoms with van der Waals surface area (Å²) in [4.78, 5) is 0. The monoisotopic (exact) mass is 371 g/mol. The summed E-state index contributed by atoms with van der Waals surface area (Å²) < 4.78 is 20.8. The van der Waals surface area contributed by atoms with Crippen LogP contribution in [0.15, 0.2) is 42.5 Å². The molecule has 0 aliphatic rings. The van der Waals surface area contributed by atoms with Gasteiger partial charge in [0, 0.05) is 15.2 Å². The molecule has 0 saturated heterocycles. The lowest BCUT2D eigenvalue weighted by Gasteiger charge is -2.17. The molecule has 1 unspecified atom stereocenters. The summed E-state index contributed by atoms with van der Waals surface area (Å²) >= 11 is 2.22. The number of ether oxygens (including phenoxy) is 1. The van der Waals surface area contributed by atoms with Gasteiger partial charge in [0.25, 0.3) is 0 Å². The first-order valence-corrected chi connectivity index (χ1v) is 7.09.